The van der Waals surface area contributed by atoms with Crippen LogP contribution in [-0.4, -0.2) is 35.2 Å². The second-order valence-corrected chi connectivity index (χ2v) is 7.04. The smallest absolute Gasteiger partial charge is 0.320 e. The van der Waals surface area contributed by atoms with Crippen molar-refractivity contribution in [2.45, 2.75) is 38.8 Å². The van der Waals surface area contributed by atoms with Crippen molar-refractivity contribution in [3.8, 4) is 5.75 Å². The Hall–Kier alpha value is -2.04. The zero-order valence-electron chi connectivity index (χ0n) is 15.1. The lowest BCUT2D eigenvalue weighted by molar-refractivity contribution is -0.142. The normalized spacial score (nSPS) is 18.7. The van der Waals surface area contributed by atoms with Crippen molar-refractivity contribution in [2.75, 3.05) is 13.2 Å². The minimum atomic E-state index is -0.777. The quantitative estimate of drug-likeness (QED) is 0.798. The van der Waals surface area contributed by atoms with Crippen molar-refractivity contribution in [1.82, 2.24) is 4.90 Å². The van der Waals surface area contributed by atoms with Gasteiger partial charge >= 0.3 is 5.97 Å². The number of carboxylic acid groups (broad SMARTS) is 1. The number of carbonyl (C=O) groups is 1. The third kappa shape index (κ3) is 3.71. The van der Waals surface area contributed by atoms with Gasteiger partial charge in [-0.2, -0.15) is 0 Å². The molecule has 5 heteroatoms. The zero-order chi connectivity index (χ0) is 18.7. The maximum absolute atomic E-state index is 11.8. The van der Waals surface area contributed by atoms with E-state index in [4.69, 9.17) is 16.3 Å². The Morgan fingerprint density at radius 1 is 1.31 bits per heavy atom. The van der Waals surface area contributed by atoms with Crippen LogP contribution in [0.4, 0.5) is 0 Å². The average molecular weight is 374 g/mol. The molecule has 0 bridgehead atoms. The maximum Gasteiger partial charge on any atom is 0.320 e. The van der Waals surface area contributed by atoms with Gasteiger partial charge in [0.15, 0.2) is 0 Å². The number of ether oxygens (including phenoxy) is 1. The van der Waals surface area contributed by atoms with E-state index in [1.54, 1.807) is 0 Å². The summed E-state index contributed by atoms with van der Waals surface area (Å²) in [7, 11) is 0. The van der Waals surface area contributed by atoms with Gasteiger partial charge in [-0.05, 0) is 56.0 Å². The summed E-state index contributed by atoms with van der Waals surface area (Å²) in [4.78, 5) is 13.9. The molecule has 0 spiro atoms. The summed E-state index contributed by atoms with van der Waals surface area (Å²) in [5, 5.41) is 10.3. The van der Waals surface area contributed by atoms with Crippen molar-refractivity contribution >= 4 is 17.6 Å². The van der Waals surface area contributed by atoms with Gasteiger partial charge in [-0.1, -0.05) is 35.9 Å². The predicted octanol–water partition coefficient (Wildman–Crippen LogP) is 4.69. The fraction of sp³-hybridized carbons (Fsp3) is 0.381. The van der Waals surface area contributed by atoms with E-state index in [1.165, 1.54) is 0 Å². The van der Waals surface area contributed by atoms with Gasteiger partial charge in [-0.25, -0.2) is 0 Å². The SMILES string of the molecule is CCOc1ccc(Cl)cc1C(c1ccccc1C)N1CCCC1C(=O)O. The highest BCUT2D eigenvalue weighted by molar-refractivity contribution is 6.30. The minimum Gasteiger partial charge on any atom is -0.494 e. The van der Waals surface area contributed by atoms with Crippen molar-refractivity contribution in [1.29, 1.82) is 0 Å². The molecule has 1 heterocycles. The lowest BCUT2D eigenvalue weighted by Gasteiger charge is -2.34. The van der Waals surface area contributed by atoms with Gasteiger partial charge in [0.25, 0.3) is 0 Å². The van der Waals surface area contributed by atoms with Crippen LogP contribution >= 0.6 is 11.6 Å². The van der Waals surface area contributed by atoms with Gasteiger partial charge in [0.05, 0.1) is 12.6 Å². The van der Waals surface area contributed by atoms with Crippen molar-refractivity contribution in [3.63, 3.8) is 0 Å². The van der Waals surface area contributed by atoms with Gasteiger partial charge in [-0.15, -0.1) is 0 Å². The summed E-state index contributed by atoms with van der Waals surface area (Å²) < 4.78 is 5.86. The fourth-order valence-corrected chi connectivity index (χ4v) is 3.98. The summed E-state index contributed by atoms with van der Waals surface area (Å²) >= 11 is 6.30. The lowest BCUT2D eigenvalue weighted by atomic mass is 9.92. The molecule has 4 nitrogen and oxygen atoms in total. The van der Waals surface area contributed by atoms with Gasteiger partial charge < -0.3 is 9.84 Å². The molecular weight excluding hydrogens is 350 g/mol. The molecule has 138 valence electrons. The van der Waals surface area contributed by atoms with E-state index in [-0.39, 0.29) is 6.04 Å². The number of aliphatic carboxylic acids is 1. The van der Waals surface area contributed by atoms with Gasteiger partial charge in [0.2, 0.25) is 0 Å². The fourth-order valence-electron chi connectivity index (χ4n) is 3.80. The van der Waals surface area contributed by atoms with Gasteiger partial charge in [0, 0.05) is 17.1 Å². The Bertz CT molecular complexity index is 793. The number of halogens is 1. The summed E-state index contributed by atoms with van der Waals surface area (Å²) in [6.45, 7) is 5.27. The molecule has 1 fully saturated rings. The van der Waals surface area contributed by atoms with Gasteiger partial charge in [-0.3, -0.25) is 9.69 Å². The molecule has 1 saturated heterocycles. The van der Waals surface area contributed by atoms with Crippen molar-refractivity contribution in [3.05, 3.63) is 64.2 Å². The molecule has 1 aliphatic rings. The molecule has 0 radical (unpaired) electrons. The Morgan fingerprint density at radius 2 is 2.08 bits per heavy atom. The molecule has 1 N–H and O–H groups in total. The Kier molecular flexibility index (Phi) is 5.84. The van der Waals surface area contributed by atoms with E-state index in [0.29, 0.717) is 18.1 Å². The molecule has 2 unspecified atom stereocenters. The minimum absolute atomic E-state index is 0.208. The van der Waals surface area contributed by atoms with Crippen LogP contribution in [0.5, 0.6) is 5.75 Å². The molecule has 2 aromatic rings. The van der Waals surface area contributed by atoms with E-state index in [2.05, 4.69) is 24.0 Å². The Morgan fingerprint density at radius 3 is 2.77 bits per heavy atom. The predicted molar refractivity (Wildman–Crippen MR) is 103 cm³/mol. The summed E-state index contributed by atoms with van der Waals surface area (Å²) in [6, 6.07) is 13.0. The van der Waals surface area contributed by atoms with Crippen LogP contribution in [0.1, 0.15) is 42.5 Å². The summed E-state index contributed by atoms with van der Waals surface area (Å²) in [6.07, 6.45) is 1.52. The third-order valence-electron chi connectivity index (χ3n) is 4.96. The summed E-state index contributed by atoms with van der Waals surface area (Å²) in [5.41, 5.74) is 3.13. The number of aryl methyl sites for hydroxylation is 1. The first-order chi connectivity index (χ1) is 12.5. The van der Waals surface area contributed by atoms with Crippen LogP contribution < -0.4 is 4.74 Å². The van der Waals surface area contributed by atoms with E-state index < -0.39 is 12.0 Å². The number of benzene rings is 2. The molecule has 0 saturated carbocycles. The first-order valence-corrected chi connectivity index (χ1v) is 9.37. The molecule has 2 aromatic carbocycles. The van der Waals surface area contributed by atoms with Crippen molar-refractivity contribution in [2.24, 2.45) is 0 Å². The number of carboxylic acids is 1. The average Bonchev–Trinajstić information content (AvgIpc) is 3.09. The second kappa shape index (κ2) is 8.11. The zero-order valence-corrected chi connectivity index (χ0v) is 15.9. The van der Waals surface area contributed by atoms with Gasteiger partial charge in [0.1, 0.15) is 11.8 Å². The van der Waals surface area contributed by atoms with Crippen molar-refractivity contribution < 1.29 is 14.6 Å². The molecular formula is C21H24ClNO3. The molecule has 0 amide bonds. The monoisotopic (exact) mass is 373 g/mol. The number of nitrogens with zero attached hydrogens (tertiary/aromatic N) is 1. The molecule has 1 aliphatic heterocycles. The Balaban J connectivity index is 2.18. The van der Waals surface area contributed by atoms with Crippen LogP contribution in [0.15, 0.2) is 42.5 Å². The largest absolute Gasteiger partial charge is 0.494 e. The van der Waals surface area contributed by atoms with Crippen LogP contribution in [0, 0.1) is 6.92 Å². The van der Waals surface area contributed by atoms with Crippen LogP contribution in [0.25, 0.3) is 0 Å². The molecule has 2 atom stereocenters. The van der Waals surface area contributed by atoms with E-state index >= 15 is 0 Å². The maximum atomic E-state index is 11.8. The van der Waals surface area contributed by atoms with Crippen LogP contribution in [0.2, 0.25) is 5.02 Å². The highest BCUT2D eigenvalue weighted by Crippen LogP contribution is 2.41. The standard InChI is InChI=1S/C21H24ClNO3/c1-3-26-19-11-10-15(22)13-17(19)20(16-8-5-4-7-14(16)2)23-12-6-9-18(23)21(24)25/h4-5,7-8,10-11,13,18,20H,3,6,9,12H2,1-2H3,(H,24,25). The first-order valence-electron chi connectivity index (χ1n) is 8.99. The highest BCUT2D eigenvalue weighted by atomic mass is 35.5. The number of likely N-dealkylation sites (tertiary alicyclic amines) is 1. The third-order valence-corrected chi connectivity index (χ3v) is 5.20. The van der Waals surface area contributed by atoms with Crippen LogP contribution in [0.3, 0.4) is 0 Å². The summed E-state index contributed by atoms with van der Waals surface area (Å²) in [5.74, 6) is -0.0257. The van der Waals surface area contributed by atoms with E-state index in [1.807, 2.05) is 37.3 Å². The molecule has 3 rings (SSSR count). The molecule has 26 heavy (non-hydrogen) atoms. The first kappa shape index (κ1) is 18.7. The lowest BCUT2D eigenvalue weighted by Crippen LogP contribution is -2.39. The number of hydrogen-bond donors (Lipinski definition) is 1. The Labute approximate surface area is 159 Å². The number of rotatable bonds is 6. The van der Waals surface area contributed by atoms with E-state index in [9.17, 15) is 9.90 Å². The number of hydrogen-bond acceptors (Lipinski definition) is 3. The molecule has 0 aromatic heterocycles. The topological polar surface area (TPSA) is 49.8 Å². The van der Waals surface area contributed by atoms with Crippen LogP contribution in [-0.2, 0) is 4.79 Å². The van der Waals surface area contributed by atoms with E-state index in [0.717, 1.165) is 35.4 Å². The highest BCUT2D eigenvalue weighted by Gasteiger charge is 2.38. The molecule has 0 aliphatic carbocycles. The second-order valence-electron chi connectivity index (χ2n) is 6.61.